The molecule has 0 radical (unpaired) electrons. The van der Waals surface area contributed by atoms with Crippen molar-refractivity contribution < 1.29 is 18.7 Å². The highest BCUT2D eigenvalue weighted by Crippen LogP contribution is 2.53. The lowest BCUT2D eigenvalue weighted by atomic mass is 9.79. The number of benzene rings is 1. The van der Waals surface area contributed by atoms with Crippen molar-refractivity contribution in [3.8, 4) is 0 Å². The summed E-state index contributed by atoms with van der Waals surface area (Å²) in [5.74, 6) is -1.04. The zero-order valence-corrected chi connectivity index (χ0v) is 13.2. The summed E-state index contributed by atoms with van der Waals surface area (Å²) in [7, 11) is 0. The van der Waals surface area contributed by atoms with Crippen molar-refractivity contribution in [1.29, 1.82) is 0 Å². The monoisotopic (exact) mass is 310 g/mol. The highest BCUT2D eigenvalue weighted by molar-refractivity contribution is 8.03. The SMILES string of the molecule is CCOC(=O)[C@@]1(Cc2ccccc2)S[C@H](F)C(C)(C)C1=O. The number of halogens is 1. The van der Waals surface area contributed by atoms with Gasteiger partial charge in [0.1, 0.15) is 0 Å². The van der Waals surface area contributed by atoms with Gasteiger partial charge in [0, 0.05) is 6.42 Å². The number of Topliss-reactive ketones (excluding diaryl/α,β-unsaturated/α-hetero) is 1. The molecular formula is C16H19FO3S. The van der Waals surface area contributed by atoms with Crippen molar-refractivity contribution in [1.82, 2.24) is 0 Å². The third kappa shape index (κ3) is 2.71. The molecule has 0 N–H and O–H groups in total. The Morgan fingerprint density at radius 3 is 2.43 bits per heavy atom. The number of carbonyl (C=O) groups is 2. The summed E-state index contributed by atoms with van der Waals surface area (Å²) in [5, 5.41) is 0. The van der Waals surface area contributed by atoms with Gasteiger partial charge < -0.3 is 4.74 Å². The third-order valence-electron chi connectivity index (χ3n) is 3.73. The Morgan fingerprint density at radius 1 is 1.33 bits per heavy atom. The van der Waals surface area contributed by atoms with Gasteiger partial charge in [0.15, 0.2) is 16.0 Å². The van der Waals surface area contributed by atoms with Crippen LogP contribution in [0, 0.1) is 5.41 Å². The molecule has 0 unspecified atom stereocenters. The van der Waals surface area contributed by atoms with E-state index in [9.17, 15) is 14.0 Å². The van der Waals surface area contributed by atoms with Gasteiger partial charge in [-0.25, -0.2) is 4.39 Å². The summed E-state index contributed by atoms with van der Waals surface area (Å²) in [6.45, 7) is 4.93. The van der Waals surface area contributed by atoms with Crippen LogP contribution in [0.4, 0.5) is 4.39 Å². The van der Waals surface area contributed by atoms with Gasteiger partial charge in [-0.05, 0) is 26.3 Å². The van der Waals surface area contributed by atoms with E-state index in [1.807, 2.05) is 30.3 Å². The number of hydrogen-bond acceptors (Lipinski definition) is 4. The highest BCUT2D eigenvalue weighted by atomic mass is 32.2. The first-order valence-electron chi connectivity index (χ1n) is 6.92. The molecule has 1 heterocycles. The first kappa shape index (κ1) is 16.0. The number of rotatable bonds is 4. The Kier molecular flexibility index (Phi) is 4.42. The Bertz CT molecular complexity index is 544. The molecule has 0 spiro atoms. The molecule has 1 aromatic carbocycles. The lowest BCUT2D eigenvalue weighted by molar-refractivity contribution is -0.150. The van der Waals surface area contributed by atoms with Crippen LogP contribution in [0.15, 0.2) is 30.3 Å². The molecule has 1 aliphatic heterocycles. The van der Waals surface area contributed by atoms with Crippen LogP contribution >= 0.6 is 11.8 Å². The minimum atomic E-state index is -1.49. The van der Waals surface area contributed by atoms with Crippen molar-refractivity contribution in [2.45, 2.75) is 37.4 Å². The number of esters is 1. The van der Waals surface area contributed by atoms with Crippen LogP contribution in [0.5, 0.6) is 0 Å². The average molecular weight is 310 g/mol. The molecule has 2 rings (SSSR count). The number of hydrogen-bond donors (Lipinski definition) is 0. The van der Waals surface area contributed by atoms with E-state index in [-0.39, 0.29) is 13.0 Å². The van der Waals surface area contributed by atoms with Crippen LogP contribution in [0.3, 0.4) is 0 Å². The quantitative estimate of drug-likeness (QED) is 0.633. The van der Waals surface area contributed by atoms with Crippen LogP contribution in [-0.4, -0.2) is 28.6 Å². The number of alkyl halides is 1. The van der Waals surface area contributed by atoms with Gasteiger partial charge in [-0.3, -0.25) is 9.59 Å². The molecule has 0 amide bonds. The van der Waals surface area contributed by atoms with E-state index in [4.69, 9.17) is 4.74 Å². The van der Waals surface area contributed by atoms with Gasteiger partial charge in [-0.15, -0.1) is 0 Å². The smallest absolute Gasteiger partial charge is 0.330 e. The Hall–Kier alpha value is -1.36. The van der Waals surface area contributed by atoms with Crippen molar-refractivity contribution in [3.63, 3.8) is 0 Å². The third-order valence-corrected chi connectivity index (χ3v) is 5.42. The Labute approximate surface area is 128 Å². The molecule has 1 saturated heterocycles. The normalized spacial score (nSPS) is 27.6. The van der Waals surface area contributed by atoms with Crippen LogP contribution in [0.1, 0.15) is 26.3 Å². The van der Waals surface area contributed by atoms with E-state index in [0.29, 0.717) is 0 Å². The number of thioether (sulfide) groups is 1. The fourth-order valence-corrected chi connectivity index (χ4v) is 4.00. The second-order valence-electron chi connectivity index (χ2n) is 5.69. The summed E-state index contributed by atoms with van der Waals surface area (Å²) in [5.41, 5.74) is -1.79. The zero-order chi connectivity index (χ0) is 15.7. The largest absolute Gasteiger partial charge is 0.465 e. The van der Waals surface area contributed by atoms with Crippen molar-refractivity contribution in [2.24, 2.45) is 5.41 Å². The second kappa shape index (κ2) is 5.79. The molecule has 0 saturated carbocycles. The lowest BCUT2D eigenvalue weighted by Crippen LogP contribution is -2.47. The number of ether oxygens (including phenoxy) is 1. The Balaban J connectivity index is 2.42. The van der Waals surface area contributed by atoms with Gasteiger partial charge >= 0.3 is 5.97 Å². The molecular weight excluding hydrogens is 291 g/mol. The maximum atomic E-state index is 14.3. The van der Waals surface area contributed by atoms with E-state index >= 15 is 0 Å². The van der Waals surface area contributed by atoms with Crippen LogP contribution < -0.4 is 0 Å². The summed E-state index contributed by atoms with van der Waals surface area (Å²) in [6.07, 6.45) is 0.153. The predicted molar refractivity (Wildman–Crippen MR) is 80.8 cm³/mol. The molecule has 1 fully saturated rings. The highest BCUT2D eigenvalue weighted by Gasteiger charge is 2.63. The van der Waals surface area contributed by atoms with Gasteiger partial charge in [0.05, 0.1) is 12.0 Å². The molecule has 114 valence electrons. The second-order valence-corrected chi connectivity index (χ2v) is 7.04. The zero-order valence-electron chi connectivity index (χ0n) is 12.4. The maximum Gasteiger partial charge on any atom is 0.330 e. The van der Waals surface area contributed by atoms with Crippen LogP contribution in [0.25, 0.3) is 0 Å². The Morgan fingerprint density at radius 2 is 1.95 bits per heavy atom. The molecule has 3 nitrogen and oxygen atoms in total. The predicted octanol–water partition coefficient (Wildman–Crippen LogP) is 3.17. The molecule has 0 bridgehead atoms. The van der Waals surface area contributed by atoms with Crippen LogP contribution in [-0.2, 0) is 20.7 Å². The van der Waals surface area contributed by atoms with Crippen molar-refractivity contribution in [3.05, 3.63) is 35.9 Å². The summed E-state index contributed by atoms with van der Waals surface area (Å²) in [6, 6.07) is 9.17. The first-order valence-corrected chi connectivity index (χ1v) is 7.80. The fraction of sp³-hybridized carbons (Fsp3) is 0.500. The summed E-state index contributed by atoms with van der Waals surface area (Å²) < 4.78 is 17.9. The van der Waals surface area contributed by atoms with Crippen LogP contribution in [0.2, 0.25) is 0 Å². The van der Waals surface area contributed by atoms with E-state index < -0.39 is 27.4 Å². The van der Waals surface area contributed by atoms with E-state index in [0.717, 1.165) is 17.3 Å². The van der Waals surface area contributed by atoms with Gasteiger partial charge in [0.2, 0.25) is 0 Å². The number of carbonyl (C=O) groups excluding carboxylic acids is 2. The minimum absolute atomic E-state index is 0.153. The molecule has 5 heteroatoms. The topological polar surface area (TPSA) is 43.4 Å². The van der Waals surface area contributed by atoms with E-state index in [1.165, 1.54) is 0 Å². The first-order chi connectivity index (χ1) is 9.84. The molecule has 0 aromatic heterocycles. The molecule has 21 heavy (non-hydrogen) atoms. The lowest BCUT2D eigenvalue weighted by Gasteiger charge is -2.25. The molecule has 0 aliphatic carbocycles. The standard InChI is InChI=1S/C16H19FO3S/c1-4-20-14(19)16(10-11-8-6-5-7-9-11)12(18)15(2,3)13(17)21-16/h5-9,13H,4,10H2,1-3H3/t13-,16-/m0/s1. The average Bonchev–Trinajstić information content (AvgIpc) is 2.62. The fourth-order valence-electron chi connectivity index (χ4n) is 2.47. The van der Waals surface area contributed by atoms with Gasteiger partial charge in [-0.2, -0.15) is 0 Å². The van der Waals surface area contributed by atoms with Gasteiger partial charge in [-0.1, -0.05) is 42.1 Å². The molecule has 1 aliphatic rings. The number of ketones is 1. The van der Waals surface area contributed by atoms with E-state index in [1.54, 1.807) is 20.8 Å². The molecule has 1 aromatic rings. The summed E-state index contributed by atoms with van der Waals surface area (Å²) >= 11 is 0.780. The minimum Gasteiger partial charge on any atom is -0.465 e. The van der Waals surface area contributed by atoms with E-state index in [2.05, 4.69) is 0 Å². The van der Waals surface area contributed by atoms with Crippen molar-refractivity contribution >= 4 is 23.5 Å². The summed E-state index contributed by atoms with van der Waals surface area (Å²) in [4.78, 5) is 25.1. The van der Waals surface area contributed by atoms with Crippen molar-refractivity contribution in [2.75, 3.05) is 6.61 Å². The maximum absolute atomic E-state index is 14.3. The van der Waals surface area contributed by atoms with Gasteiger partial charge in [0.25, 0.3) is 0 Å². The molecule has 2 atom stereocenters.